The van der Waals surface area contributed by atoms with Crippen molar-refractivity contribution in [3.05, 3.63) is 32.9 Å². The number of nitrogens with zero attached hydrogens (tertiary/aromatic N) is 1. The Hall–Kier alpha value is -1.09. The molecule has 1 rings (SSSR count). The molecule has 0 aromatic heterocycles. The van der Waals surface area contributed by atoms with Gasteiger partial charge in [0.25, 0.3) is 0 Å². The van der Waals surface area contributed by atoms with Crippen molar-refractivity contribution in [3.63, 3.8) is 0 Å². The van der Waals surface area contributed by atoms with Gasteiger partial charge in [-0.15, -0.1) is 0 Å². The van der Waals surface area contributed by atoms with Gasteiger partial charge in [0.1, 0.15) is 6.07 Å². The van der Waals surface area contributed by atoms with Crippen molar-refractivity contribution < 1.29 is 9.53 Å². The van der Waals surface area contributed by atoms with Crippen LogP contribution in [0.15, 0.2) is 18.2 Å². The Kier molecular flexibility index (Phi) is 3.89. The summed E-state index contributed by atoms with van der Waals surface area (Å²) in [6.45, 7) is 2.05. The van der Waals surface area contributed by atoms with Gasteiger partial charge in [0, 0.05) is 3.57 Å². The third-order valence-corrected chi connectivity index (χ3v) is 2.27. The molecule has 4 heteroatoms. The number of halogens is 1. The van der Waals surface area contributed by atoms with Crippen LogP contribution in [0.3, 0.4) is 0 Å². The highest BCUT2D eigenvalue weighted by molar-refractivity contribution is 14.1. The predicted octanol–water partition coefficient (Wildman–Crippen LogP) is 2.34. The fraction of sp³-hybridized carbons (Fsp3) is 0.200. The Morgan fingerprint density at radius 3 is 2.93 bits per heavy atom. The topological polar surface area (TPSA) is 50.1 Å². The lowest BCUT2D eigenvalue weighted by Crippen LogP contribution is -2.06. The molecule has 0 fully saturated rings. The first-order valence-electron chi connectivity index (χ1n) is 4.05. The Balaban J connectivity index is 3.09. The van der Waals surface area contributed by atoms with Crippen LogP contribution < -0.4 is 0 Å². The third-order valence-electron chi connectivity index (χ3n) is 1.60. The number of ether oxygens (including phenoxy) is 1. The van der Waals surface area contributed by atoms with Gasteiger partial charge in [-0.3, -0.25) is 0 Å². The standard InChI is InChI=1S/C10H8INO2/c1-2-14-10(13)9-4-3-8(11)5-7(9)6-12/h3-5H,2H2,1H3. The zero-order valence-corrected chi connectivity index (χ0v) is 9.74. The van der Waals surface area contributed by atoms with Gasteiger partial charge in [-0.1, -0.05) is 0 Å². The van der Waals surface area contributed by atoms with Crippen LogP contribution in [0, 0.1) is 14.9 Å². The summed E-state index contributed by atoms with van der Waals surface area (Å²) < 4.78 is 5.74. The van der Waals surface area contributed by atoms with E-state index >= 15 is 0 Å². The summed E-state index contributed by atoms with van der Waals surface area (Å²) in [6, 6.07) is 7.01. The summed E-state index contributed by atoms with van der Waals surface area (Å²) in [5.74, 6) is -0.444. The van der Waals surface area contributed by atoms with Gasteiger partial charge >= 0.3 is 5.97 Å². The lowest BCUT2D eigenvalue weighted by atomic mass is 10.1. The van der Waals surface area contributed by atoms with Gasteiger partial charge in [0.15, 0.2) is 0 Å². The van der Waals surface area contributed by atoms with E-state index in [1.807, 2.05) is 6.07 Å². The van der Waals surface area contributed by atoms with Crippen molar-refractivity contribution in [3.8, 4) is 6.07 Å². The van der Waals surface area contributed by atoms with Crippen molar-refractivity contribution in [1.29, 1.82) is 5.26 Å². The highest BCUT2D eigenvalue weighted by Gasteiger charge is 2.11. The molecular formula is C10H8INO2. The second kappa shape index (κ2) is 4.96. The van der Waals surface area contributed by atoms with E-state index in [9.17, 15) is 4.79 Å². The minimum absolute atomic E-state index is 0.315. The van der Waals surface area contributed by atoms with Crippen molar-refractivity contribution in [2.75, 3.05) is 6.61 Å². The van der Waals surface area contributed by atoms with E-state index in [2.05, 4.69) is 22.6 Å². The first-order chi connectivity index (χ1) is 6.69. The van der Waals surface area contributed by atoms with Crippen LogP contribution >= 0.6 is 22.6 Å². The van der Waals surface area contributed by atoms with Crippen molar-refractivity contribution in [2.24, 2.45) is 0 Å². The van der Waals surface area contributed by atoms with Crippen LogP contribution in [-0.4, -0.2) is 12.6 Å². The third kappa shape index (κ3) is 2.45. The van der Waals surface area contributed by atoms with Gasteiger partial charge in [0.2, 0.25) is 0 Å². The van der Waals surface area contributed by atoms with E-state index in [0.717, 1.165) is 3.57 Å². The Bertz CT molecular complexity index is 396. The largest absolute Gasteiger partial charge is 0.462 e. The number of carbonyl (C=O) groups excluding carboxylic acids is 1. The maximum Gasteiger partial charge on any atom is 0.339 e. The monoisotopic (exact) mass is 301 g/mol. The molecule has 0 heterocycles. The summed E-state index contributed by atoms with van der Waals surface area (Å²) in [4.78, 5) is 11.4. The smallest absolute Gasteiger partial charge is 0.339 e. The minimum atomic E-state index is -0.444. The summed E-state index contributed by atoms with van der Waals surface area (Å²) in [7, 11) is 0. The molecule has 0 aliphatic carbocycles. The van der Waals surface area contributed by atoms with Crippen LogP contribution in [0.5, 0.6) is 0 Å². The number of hydrogen-bond acceptors (Lipinski definition) is 3. The van der Waals surface area contributed by atoms with Crippen LogP contribution in [0.1, 0.15) is 22.8 Å². The predicted molar refractivity (Wildman–Crippen MR) is 59.8 cm³/mol. The lowest BCUT2D eigenvalue weighted by molar-refractivity contribution is 0.0526. The van der Waals surface area contributed by atoms with Crippen molar-refractivity contribution >= 4 is 28.6 Å². The van der Waals surface area contributed by atoms with Gasteiger partial charge in [-0.25, -0.2) is 4.79 Å². The van der Waals surface area contributed by atoms with E-state index in [1.165, 1.54) is 0 Å². The van der Waals surface area contributed by atoms with Gasteiger partial charge in [-0.2, -0.15) is 5.26 Å². The molecule has 1 aromatic carbocycles. The van der Waals surface area contributed by atoms with E-state index in [1.54, 1.807) is 25.1 Å². The maximum atomic E-state index is 11.4. The average Bonchev–Trinajstić information content (AvgIpc) is 2.17. The molecule has 0 aliphatic rings. The molecule has 72 valence electrons. The van der Waals surface area contributed by atoms with Crippen molar-refractivity contribution in [1.82, 2.24) is 0 Å². The Morgan fingerprint density at radius 1 is 1.64 bits per heavy atom. The second-order valence-corrected chi connectivity index (χ2v) is 3.77. The van der Waals surface area contributed by atoms with Crippen molar-refractivity contribution in [2.45, 2.75) is 6.92 Å². The maximum absolute atomic E-state index is 11.4. The molecule has 0 saturated carbocycles. The Morgan fingerprint density at radius 2 is 2.36 bits per heavy atom. The van der Waals surface area contributed by atoms with E-state index in [-0.39, 0.29) is 0 Å². The average molecular weight is 301 g/mol. The van der Waals surface area contributed by atoms with E-state index < -0.39 is 5.97 Å². The summed E-state index contributed by atoms with van der Waals surface area (Å²) in [5.41, 5.74) is 0.685. The number of nitriles is 1. The van der Waals surface area contributed by atoms with Crippen LogP contribution in [0.2, 0.25) is 0 Å². The summed E-state index contributed by atoms with van der Waals surface area (Å²) in [6.07, 6.45) is 0. The number of hydrogen-bond donors (Lipinski definition) is 0. The fourth-order valence-corrected chi connectivity index (χ4v) is 1.49. The van der Waals surface area contributed by atoms with E-state index in [0.29, 0.717) is 17.7 Å². The van der Waals surface area contributed by atoms with E-state index in [4.69, 9.17) is 10.00 Å². The molecule has 0 bridgehead atoms. The van der Waals surface area contributed by atoms with Crippen LogP contribution in [0.25, 0.3) is 0 Å². The molecular weight excluding hydrogens is 293 g/mol. The quantitative estimate of drug-likeness (QED) is 0.622. The van der Waals surface area contributed by atoms with Gasteiger partial charge in [0.05, 0.1) is 17.7 Å². The first-order valence-corrected chi connectivity index (χ1v) is 5.13. The molecule has 0 amide bonds. The molecule has 3 nitrogen and oxygen atoms in total. The van der Waals surface area contributed by atoms with Crippen LogP contribution in [0.4, 0.5) is 0 Å². The molecule has 14 heavy (non-hydrogen) atoms. The molecule has 0 unspecified atom stereocenters. The number of esters is 1. The summed E-state index contributed by atoms with van der Waals surface area (Å²) in [5, 5.41) is 8.80. The molecule has 1 aromatic rings. The van der Waals surface area contributed by atoms with Crippen LogP contribution in [-0.2, 0) is 4.74 Å². The number of rotatable bonds is 2. The molecule has 0 aliphatic heterocycles. The zero-order valence-electron chi connectivity index (χ0n) is 7.58. The lowest BCUT2D eigenvalue weighted by Gasteiger charge is -2.03. The molecule has 0 radical (unpaired) electrons. The normalized spacial score (nSPS) is 9.21. The molecule has 0 spiro atoms. The Labute approximate surface area is 95.8 Å². The zero-order chi connectivity index (χ0) is 10.6. The highest BCUT2D eigenvalue weighted by atomic mass is 127. The molecule has 0 atom stereocenters. The summed E-state index contributed by atoms with van der Waals surface area (Å²) >= 11 is 2.09. The number of carbonyl (C=O) groups is 1. The second-order valence-electron chi connectivity index (χ2n) is 2.52. The minimum Gasteiger partial charge on any atom is -0.462 e. The highest BCUT2D eigenvalue weighted by Crippen LogP contribution is 2.14. The fourth-order valence-electron chi connectivity index (χ4n) is 0.996. The SMILES string of the molecule is CCOC(=O)c1ccc(I)cc1C#N. The molecule has 0 N–H and O–H groups in total. The van der Waals surface area contributed by atoms with Gasteiger partial charge < -0.3 is 4.74 Å². The molecule has 0 saturated heterocycles. The first kappa shape index (κ1) is 11.0. The van der Waals surface area contributed by atoms with Gasteiger partial charge in [-0.05, 0) is 47.7 Å². The number of benzene rings is 1.